The van der Waals surface area contributed by atoms with E-state index in [1.54, 1.807) is 0 Å². The summed E-state index contributed by atoms with van der Waals surface area (Å²) >= 11 is 6.00. The molecule has 0 unspecified atom stereocenters. The van der Waals surface area contributed by atoms with Crippen molar-refractivity contribution < 1.29 is 19.0 Å². The van der Waals surface area contributed by atoms with Crippen LogP contribution in [0.4, 0.5) is 0 Å². The molecule has 0 bridgehead atoms. The van der Waals surface area contributed by atoms with Crippen LogP contribution in [0.3, 0.4) is 0 Å². The molecule has 2 N–H and O–H groups in total. The van der Waals surface area contributed by atoms with Gasteiger partial charge in [0.15, 0.2) is 11.5 Å². The van der Waals surface area contributed by atoms with Gasteiger partial charge in [-0.05, 0) is 12.1 Å². The molecule has 6 heteroatoms. The van der Waals surface area contributed by atoms with E-state index in [-0.39, 0.29) is 5.02 Å². The third-order valence-corrected chi connectivity index (χ3v) is 2.30. The maximum Gasteiger partial charge on any atom is 0.338 e. The standard InChI is InChI=1S/C11H14ClNO4/c1-15-9-6-7(11(14)16-2)5-8(12)10(9)17-4-3-13/h5-6H,3-4,13H2,1-2H3. The Kier molecular flexibility index (Phi) is 5.06. The number of esters is 1. The molecule has 1 aromatic rings. The number of halogens is 1. The predicted molar refractivity (Wildman–Crippen MR) is 63.9 cm³/mol. The van der Waals surface area contributed by atoms with Crippen molar-refractivity contribution in [3.05, 3.63) is 22.7 Å². The van der Waals surface area contributed by atoms with Crippen LogP contribution in [-0.2, 0) is 4.74 Å². The van der Waals surface area contributed by atoms with Crippen molar-refractivity contribution >= 4 is 17.6 Å². The highest BCUT2D eigenvalue weighted by Gasteiger charge is 2.15. The Morgan fingerprint density at radius 1 is 1.41 bits per heavy atom. The Bertz CT molecular complexity index is 409. The minimum absolute atomic E-state index is 0.276. The molecule has 0 radical (unpaired) electrons. The maximum atomic E-state index is 11.4. The fourth-order valence-corrected chi connectivity index (χ4v) is 1.52. The highest BCUT2D eigenvalue weighted by atomic mass is 35.5. The number of nitrogens with two attached hydrogens (primary N) is 1. The molecular weight excluding hydrogens is 246 g/mol. The molecular formula is C11H14ClNO4. The van der Waals surface area contributed by atoms with Crippen LogP contribution >= 0.6 is 11.6 Å². The van der Waals surface area contributed by atoms with Crippen LogP contribution in [-0.4, -0.2) is 33.3 Å². The lowest BCUT2D eigenvalue weighted by molar-refractivity contribution is 0.0600. The number of carbonyl (C=O) groups is 1. The van der Waals surface area contributed by atoms with Crippen LogP contribution < -0.4 is 15.2 Å². The molecule has 5 nitrogen and oxygen atoms in total. The normalized spacial score (nSPS) is 9.88. The maximum absolute atomic E-state index is 11.4. The van der Waals surface area contributed by atoms with E-state index in [2.05, 4.69) is 4.74 Å². The summed E-state index contributed by atoms with van der Waals surface area (Å²) < 4.78 is 15.0. The van der Waals surface area contributed by atoms with E-state index in [0.717, 1.165) is 0 Å². The lowest BCUT2D eigenvalue weighted by Gasteiger charge is -2.12. The lowest BCUT2D eigenvalue weighted by Crippen LogP contribution is -2.12. The van der Waals surface area contributed by atoms with Gasteiger partial charge in [-0.15, -0.1) is 0 Å². The Morgan fingerprint density at radius 2 is 2.12 bits per heavy atom. The zero-order chi connectivity index (χ0) is 12.8. The molecule has 1 aromatic carbocycles. The fourth-order valence-electron chi connectivity index (χ4n) is 1.26. The van der Waals surface area contributed by atoms with Gasteiger partial charge in [-0.1, -0.05) is 11.6 Å². The van der Waals surface area contributed by atoms with Gasteiger partial charge in [0.1, 0.15) is 6.61 Å². The van der Waals surface area contributed by atoms with Crippen LogP contribution in [0.1, 0.15) is 10.4 Å². The monoisotopic (exact) mass is 259 g/mol. The summed E-state index contributed by atoms with van der Waals surface area (Å²) in [5, 5.41) is 0.276. The van der Waals surface area contributed by atoms with Crippen molar-refractivity contribution in [2.45, 2.75) is 0 Å². The Morgan fingerprint density at radius 3 is 2.65 bits per heavy atom. The molecule has 94 valence electrons. The fraction of sp³-hybridized carbons (Fsp3) is 0.364. The smallest absolute Gasteiger partial charge is 0.338 e. The second-order valence-corrected chi connectivity index (χ2v) is 3.53. The van der Waals surface area contributed by atoms with Crippen molar-refractivity contribution in [2.24, 2.45) is 5.73 Å². The van der Waals surface area contributed by atoms with Gasteiger partial charge in [-0.2, -0.15) is 0 Å². The average molecular weight is 260 g/mol. The van der Waals surface area contributed by atoms with E-state index in [1.807, 2.05) is 0 Å². The number of hydrogen-bond donors (Lipinski definition) is 1. The molecule has 0 atom stereocenters. The van der Waals surface area contributed by atoms with Crippen LogP contribution in [0.15, 0.2) is 12.1 Å². The van der Waals surface area contributed by atoms with Gasteiger partial charge < -0.3 is 19.9 Å². The van der Waals surface area contributed by atoms with E-state index in [1.165, 1.54) is 26.4 Å². The highest BCUT2D eigenvalue weighted by molar-refractivity contribution is 6.32. The first-order chi connectivity index (χ1) is 8.13. The minimum atomic E-state index is -0.490. The molecule has 17 heavy (non-hydrogen) atoms. The molecule has 1 rings (SSSR count). The van der Waals surface area contributed by atoms with E-state index < -0.39 is 5.97 Å². The van der Waals surface area contributed by atoms with Crippen molar-refractivity contribution in [2.75, 3.05) is 27.4 Å². The van der Waals surface area contributed by atoms with Crippen LogP contribution in [0.25, 0.3) is 0 Å². The Hall–Kier alpha value is -1.46. The van der Waals surface area contributed by atoms with Crippen molar-refractivity contribution in [1.82, 2.24) is 0 Å². The van der Waals surface area contributed by atoms with Gasteiger partial charge in [0.25, 0.3) is 0 Å². The number of methoxy groups -OCH3 is 2. The number of ether oxygens (including phenoxy) is 3. The zero-order valence-corrected chi connectivity index (χ0v) is 10.4. The van der Waals surface area contributed by atoms with Crippen LogP contribution in [0.2, 0.25) is 5.02 Å². The summed E-state index contributed by atoms with van der Waals surface area (Å²) in [6.45, 7) is 0.673. The third-order valence-electron chi connectivity index (χ3n) is 2.01. The summed E-state index contributed by atoms with van der Waals surface area (Å²) in [5.74, 6) is 0.245. The Labute approximate surface area is 104 Å². The summed E-state index contributed by atoms with van der Waals surface area (Å²) in [7, 11) is 2.75. The molecule has 0 fully saturated rings. The van der Waals surface area contributed by atoms with E-state index >= 15 is 0 Å². The topological polar surface area (TPSA) is 70.8 Å². The quantitative estimate of drug-likeness (QED) is 0.811. The molecule has 0 saturated carbocycles. The molecule has 0 aliphatic rings. The summed E-state index contributed by atoms with van der Waals surface area (Å²) in [6, 6.07) is 2.96. The number of rotatable bonds is 5. The molecule has 0 aromatic heterocycles. The molecule has 0 heterocycles. The van der Waals surface area contributed by atoms with Crippen molar-refractivity contribution in [3.8, 4) is 11.5 Å². The van der Waals surface area contributed by atoms with Gasteiger partial charge in [-0.25, -0.2) is 4.79 Å². The number of hydrogen-bond acceptors (Lipinski definition) is 5. The van der Waals surface area contributed by atoms with E-state index in [0.29, 0.717) is 30.2 Å². The molecule has 0 aliphatic heterocycles. The molecule has 0 spiro atoms. The second kappa shape index (κ2) is 6.32. The summed E-state index contributed by atoms with van der Waals surface area (Å²) in [5.41, 5.74) is 5.64. The lowest BCUT2D eigenvalue weighted by atomic mass is 10.2. The minimum Gasteiger partial charge on any atom is -0.493 e. The average Bonchev–Trinajstić information content (AvgIpc) is 2.35. The highest BCUT2D eigenvalue weighted by Crippen LogP contribution is 2.36. The first kappa shape index (κ1) is 13.6. The van der Waals surface area contributed by atoms with Crippen molar-refractivity contribution in [1.29, 1.82) is 0 Å². The second-order valence-electron chi connectivity index (χ2n) is 3.12. The molecule has 0 amide bonds. The first-order valence-corrected chi connectivity index (χ1v) is 5.30. The SMILES string of the molecule is COC(=O)c1cc(Cl)c(OCCN)c(OC)c1. The van der Waals surface area contributed by atoms with Gasteiger partial charge in [-0.3, -0.25) is 0 Å². The third kappa shape index (κ3) is 3.25. The van der Waals surface area contributed by atoms with Crippen LogP contribution in [0.5, 0.6) is 11.5 Å². The van der Waals surface area contributed by atoms with Crippen molar-refractivity contribution in [3.63, 3.8) is 0 Å². The molecule has 0 saturated heterocycles. The van der Waals surface area contributed by atoms with Gasteiger partial charge in [0.2, 0.25) is 0 Å². The van der Waals surface area contributed by atoms with E-state index in [4.69, 9.17) is 26.8 Å². The number of carbonyl (C=O) groups excluding carboxylic acids is 1. The zero-order valence-electron chi connectivity index (χ0n) is 9.66. The predicted octanol–water partition coefficient (Wildman–Crippen LogP) is 1.47. The Balaban J connectivity index is 3.11. The summed E-state index contributed by atoms with van der Waals surface area (Å²) in [6.07, 6.45) is 0. The van der Waals surface area contributed by atoms with Gasteiger partial charge in [0.05, 0.1) is 24.8 Å². The van der Waals surface area contributed by atoms with Gasteiger partial charge >= 0.3 is 5.97 Å². The van der Waals surface area contributed by atoms with Gasteiger partial charge in [0, 0.05) is 6.54 Å². The number of benzene rings is 1. The summed E-state index contributed by atoms with van der Waals surface area (Å²) in [4.78, 5) is 11.4. The van der Waals surface area contributed by atoms with Crippen LogP contribution in [0, 0.1) is 0 Å². The first-order valence-electron chi connectivity index (χ1n) is 4.92. The largest absolute Gasteiger partial charge is 0.493 e. The molecule has 0 aliphatic carbocycles. The van der Waals surface area contributed by atoms with E-state index in [9.17, 15) is 4.79 Å².